The van der Waals surface area contributed by atoms with Crippen LogP contribution in [0.4, 0.5) is 0 Å². The monoisotopic (exact) mass is 1200 g/mol. The summed E-state index contributed by atoms with van der Waals surface area (Å²) in [5.74, 6) is -8.71. The Balaban J connectivity index is 4.08. The number of rotatable bonds is 35. The second-order valence-electron chi connectivity index (χ2n) is 25.7. The van der Waals surface area contributed by atoms with Gasteiger partial charge >= 0.3 is 17.9 Å². The lowest BCUT2D eigenvalue weighted by molar-refractivity contribution is -0.155. The van der Waals surface area contributed by atoms with E-state index >= 15 is 0 Å². The van der Waals surface area contributed by atoms with E-state index in [1.54, 1.807) is 13.8 Å². The summed E-state index contributed by atoms with van der Waals surface area (Å²) >= 11 is 0. The molecule has 7 amide bonds. The molecule has 1 aliphatic rings. The van der Waals surface area contributed by atoms with Crippen LogP contribution < -0.4 is 37.2 Å². The zero-order valence-corrected chi connectivity index (χ0v) is 54.8. The fraction of sp³-hybridized carbons (Fsp3) is 0.846. The summed E-state index contributed by atoms with van der Waals surface area (Å²) in [4.78, 5) is 143. The van der Waals surface area contributed by atoms with Gasteiger partial charge in [-0.15, -0.1) is 0 Å². The third kappa shape index (κ3) is 35.8. The first-order chi connectivity index (χ1) is 40.3. The van der Waals surface area contributed by atoms with E-state index in [1.165, 1.54) is 25.7 Å². The zero-order chi connectivity index (χ0) is 63.9. The molecule has 1 fully saturated rings. The maximum atomic E-state index is 14.6. The number of nitrogens with one attached hydrogen (secondary N) is 7. The van der Waals surface area contributed by atoms with Gasteiger partial charge in [-0.3, -0.25) is 43.2 Å². The Kier molecular flexibility index (Phi) is 41.2. The number of hydrogen-bond acceptors (Lipinski definition) is 13. The minimum absolute atomic E-state index is 0.0855. The minimum atomic E-state index is -1.59. The average Bonchev–Trinajstić information content (AvgIpc) is 3.60. The van der Waals surface area contributed by atoms with E-state index in [2.05, 4.69) is 51.1 Å². The van der Waals surface area contributed by atoms with Crippen LogP contribution in [0.25, 0.3) is 0 Å². The number of ether oxygens (including phenoxy) is 3. The molecule has 7 N–H and O–H groups in total. The predicted octanol–water partition coefficient (Wildman–Crippen LogP) is 9.26. The van der Waals surface area contributed by atoms with E-state index in [0.717, 1.165) is 70.6 Å². The Hall–Kier alpha value is -5.30. The molecule has 20 nitrogen and oxygen atoms in total. The second kappa shape index (κ2) is 45.0. The van der Waals surface area contributed by atoms with Gasteiger partial charge < -0.3 is 51.4 Å². The normalized spacial score (nSPS) is 22.2. The SMILES string of the molecule is CCCCCCCCCCCCC1CC(=O)N[C@@H](CCC(=O)OCCCCCC)C(=O)NC(CC(C)C)C(=O)N[C@H](CC(C)C)C(=O)N[C@@H](C(C)C)C(=O)NC(CC(=O)OCCCCCC)C(=O)N[C@H](CC(C)C)C(=O)NC(CC(C)C)C(=O)O1. The van der Waals surface area contributed by atoms with Crippen molar-refractivity contribution in [3.8, 4) is 0 Å². The first-order valence-electron chi connectivity index (χ1n) is 32.9. The molecule has 0 aromatic rings. The van der Waals surface area contributed by atoms with Gasteiger partial charge in [0.2, 0.25) is 41.4 Å². The molecule has 4 unspecified atom stereocenters. The largest absolute Gasteiger partial charge is 0.466 e. The molecule has 0 aromatic heterocycles. The Morgan fingerprint density at radius 3 is 1.22 bits per heavy atom. The number of carbonyl (C=O) groups excluding carboxylic acids is 10. The Morgan fingerprint density at radius 1 is 0.412 bits per heavy atom. The molecule has 0 aliphatic carbocycles. The van der Waals surface area contributed by atoms with Crippen LogP contribution >= 0.6 is 0 Å². The molecular weight excluding hydrogens is 1090 g/mol. The molecule has 8 atom stereocenters. The van der Waals surface area contributed by atoms with Gasteiger partial charge in [0.05, 0.1) is 26.1 Å². The van der Waals surface area contributed by atoms with Gasteiger partial charge in [-0.1, -0.05) is 186 Å². The van der Waals surface area contributed by atoms with Crippen LogP contribution in [0.1, 0.15) is 263 Å². The molecule has 85 heavy (non-hydrogen) atoms. The van der Waals surface area contributed by atoms with Crippen LogP contribution in [-0.4, -0.2) is 121 Å². The maximum absolute atomic E-state index is 14.6. The van der Waals surface area contributed by atoms with Gasteiger partial charge in [0, 0.05) is 6.42 Å². The second-order valence-corrected chi connectivity index (χ2v) is 25.7. The molecule has 0 spiro atoms. The fourth-order valence-electron chi connectivity index (χ4n) is 10.2. The van der Waals surface area contributed by atoms with Crippen molar-refractivity contribution in [1.82, 2.24) is 37.2 Å². The summed E-state index contributed by atoms with van der Waals surface area (Å²) in [6.45, 7) is 24.8. The minimum Gasteiger partial charge on any atom is -0.466 e. The van der Waals surface area contributed by atoms with Crippen molar-refractivity contribution in [1.29, 1.82) is 0 Å². The summed E-state index contributed by atoms with van der Waals surface area (Å²) in [5, 5.41) is 19.4. The van der Waals surface area contributed by atoms with Gasteiger partial charge in [-0.25, -0.2) is 4.79 Å². The summed E-state index contributed by atoms with van der Waals surface area (Å²) in [7, 11) is 0. The molecule has 0 aromatic carbocycles. The standard InChI is InChI=1S/C65H117N7O13/c1-14-17-20-23-24-25-26-27-28-29-32-48-41-55(73)66-49(33-34-56(74)83-35-30-21-18-15-2)59(76)67-50(37-43(4)5)60(77)69-52(39-45(8)9)63(80)72-58(47(12)13)64(81)70-53(42-57(75)84-36-31-22-19-16-3)62(79)68-51(38-44(6)7)61(78)71-54(40-46(10)11)65(82)85-48/h43-54,58H,14-42H2,1-13H3,(H,66,73)(H,67,76)(H,68,79)(H,69,77)(H,70,81)(H,71,78)(H,72,80)/t48?,49-,50?,51+,52+,53?,54?,58-/m0/s1. The van der Waals surface area contributed by atoms with E-state index in [-0.39, 0.29) is 88.3 Å². The first-order valence-corrected chi connectivity index (χ1v) is 32.9. The van der Waals surface area contributed by atoms with Crippen LogP contribution in [-0.2, 0) is 62.2 Å². The third-order valence-corrected chi connectivity index (χ3v) is 15.0. The van der Waals surface area contributed by atoms with Crippen LogP contribution in [0.2, 0.25) is 0 Å². The summed E-state index contributed by atoms with van der Waals surface area (Å²) in [6, 6.07) is -9.22. The van der Waals surface area contributed by atoms with Crippen molar-refractivity contribution >= 4 is 59.3 Å². The van der Waals surface area contributed by atoms with Gasteiger partial charge in [0.25, 0.3) is 0 Å². The van der Waals surface area contributed by atoms with Crippen LogP contribution in [0.5, 0.6) is 0 Å². The Labute approximate surface area is 511 Å². The number of esters is 3. The van der Waals surface area contributed by atoms with E-state index in [9.17, 15) is 47.9 Å². The summed E-state index contributed by atoms with van der Waals surface area (Å²) in [5.41, 5.74) is 0. The summed E-state index contributed by atoms with van der Waals surface area (Å²) in [6.07, 6.45) is 15.5. The molecule has 1 saturated heterocycles. The Morgan fingerprint density at radius 2 is 0.776 bits per heavy atom. The molecule has 1 rings (SSSR count). The fourth-order valence-corrected chi connectivity index (χ4v) is 10.2. The predicted molar refractivity (Wildman–Crippen MR) is 331 cm³/mol. The number of cyclic esters (lactones) is 1. The topological polar surface area (TPSA) is 283 Å². The van der Waals surface area contributed by atoms with Gasteiger partial charge in [0.1, 0.15) is 48.4 Å². The quantitative estimate of drug-likeness (QED) is 0.0177. The number of amides is 7. The number of carbonyl (C=O) groups is 10. The van der Waals surface area contributed by atoms with Gasteiger partial charge in [0.15, 0.2) is 0 Å². The van der Waals surface area contributed by atoms with Crippen molar-refractivity contribution < 1.29 is 62.2 Å². The van der Waals surface area contributed by atoms with Crippen LogP contribution in [0, 0.1) is 29.6 Å². The lowest BCUT2D eigenvalue weighted by atomic mass is 9.98. The molecule has 0 bridgehead atoms. The maximum Gasteiger partial charge on any atom is 0.328 e. The highest BCUT2D eigenvalue weighted by atomic mass is 16.5. The lowest BCUT2D eigenvalue weighted by Crippen LogP contribution is -2.61. The highest BCUT2D eigenvalue weighted by Crippen LogP contribution is 2.19. The zero-order valence-electron chi connectivity index (χ0n) is 54.8. The molecule has 1 aliphatic heterocycles. The molecule has 20 heteroatoms. The van der Waals surface area contributed by atoms with Gasteiger partial charge in [-0.05, 0) is 87.4 Å². The van der Waals surface area contributed by atoms with Crippen molar-refractivity contribution in [3.63, 3.8) is 0 Å². The first kappa shape index (κ1) is 77.7. The average molecular weight is 1200 g/mol. The van der Waals surface area contributed by atoms with Crippen LogP contribution in [0.3, 0.4) is 0 Å². The van der Waals surface area contributed by atoms with E-state index in [0.29, 0.717) is 19.3 Å². The van der Waals surface area contributed by atoms with E-state index in [4.69, 9.17) is 14.2 Å². The summed E-state index contributed by atoms with van der Waals surface area (Å²) < 4.78 is 17.2. The highest BCUT2D eigenvalue weighted by Gasteiger charge is 2.38. The lowest BCUT2D eigenvalue weighted by Gasteiger charge is -2.30. The molecule has 1 heterocycles. The molecule has 490 valence electrons. The van der Waals surface area contributed by atoms with Crippen molar-refractivity contribution in [2.24, 2.45) is 29.6 Å². The van der Waals surface area contributed by atoms with Gasteiger partial charge in [-0.2, -0.15) is 0 Å². The van der Waals surface area contributed by atoms with Crippen molar-refractivity contribution in [2.75, 3.05) is 13.2 Å². The Bertz CT molecular complexity index is 2000. The molecule has 0 radical (unpaired) electrons. The number of hydrogen-bond donors (Lipinski definition) is 7. The smallest absolute Gasteiger partial charge is 0.328 e. The molecular formula is C65H117N7O13. The van der Waals surface area contributed by atoms with E-state index < -0.39 is 120 Å². The van der Waals surface area contributed by atoms with Crippen LogP contribution in [0.15, 0.2) is 0 Å². The third-order valence-electron chi connectivity index (χ3n) is 15.0. The molecule has 0 saturated carbocycles. The highest BCUT2D eigenvalue weighted by molar-refractivity contribution is 5.98. The van der Waals surface area contributed by atoms with Crippen molar-refractivity contribution in [3.05, 3.63) is 0 Å². The number of unbranched alkanes of at least 4 members (excludes halogenated alkanes) is 15. The van der Waals surface area contributed by atoms with E-state index in [1.807, 2.05) is 62.3 Å². The van der Waals surface area contributed by atoms with Crippen molar-refractivity contribution in [2.45, 2.75) is 312 Å².